The summed E-state index contributed by atoms with van der Waals surface area (Å²) in [6.45, 7) is 2.98. The van der Waals surface area contributed by atoms with E-state index in [1.807, 2.05) is 6.92 Å². The molecule has 3 heterocycles. The van der Waals surface area contributed by atoms with Gasteiger partial charge in [-0.15, -0.1) is 0 Å². The SMILES string of the molecule is CC1OC(c2cc3c(cn2)OCCO3)O1. The summed E-state index contributed by atoms with van der Waals surface area (Å²) in [7, 11) is 0. The van der Waals surface area contributed by atoms with Gasteiger partial charge in [0.1, 0.15) is 18.9 Å². The van der Waals surface area contributed by atoms with Crippen LogP contribution in [-0.2, 0) is 9.47 Å². The predicted molar refractivity (Wildman–Crippen MR) is 49.6 cm³/mol. The number of pyridine rings is 1. The average molecular weight is 209 g/mol. The lowest BCUT2D eigenvalue weighted by Crippen LogP contribution is -2.32. The minimum absolute atomic E-state index is 0.148. The van der Waals surface area contributed by atoms with E-state index in [-0.39, 0.29) is 12.6 Å². The van der Waals surface area contributed by atoms with Gasteiger partial charge in [0.15, 0.2) is 17.8 Å². The number of hydrogen-bond acceptors (Lipinski definition) is 5. The molecule has 0 spiro atoms. The van der Waals surface area contributed by atoms with E-state index in [2.05, 4.69) is 4.98 Å². The minimum Gasteiger partial charge on any atom is -0.486 e. The summed E-state index contributed by atoms with van der Waals surface area (Å²) in [5, 5.41) is 0. The number of fused-ring (bicyclic) bond motifs is 1. The topological polar surface area (TPSA) is 49.8 Å². The Morgan fingerprint density at radius 3 is 2.67 bits per heavy atom. The van der Waals surface area contributed by atoms with E-state index < -0.39 is 0 Å². The first kappa shape index (κ1) is 8.94. The molecule has 2 aliphatic heterocycles. The van der Waals surface area contributed by atoms with Gasteiger partial charge in [0.25, 0.3) is 0 Å². The molecular weight excluding hydrogens is 198 g/mol. The fraction of sp³-hybridized carbons (Fsp3) is 0.500. The fourth-order valence-corrected chi connectivity index (χ4v) is 1.59. The highest BCUT2D eigenvalue weighted by Gasteiger charge is 2.30. The van der Waals surface area contributed by atoms with Crippen molar-refractivity contribution in [1.82, 2.24) is 4.98 Å². The molecule has 0 saturated carbocycles. The molecule has 0 aromatic carbocycles. The van der Waals surface area contributed by atoms with Crippen LogP contribution in [0.3, 0.4) is 0 Å². The van der Waals surface area contributed by atoms with Crippen LogP contribution in [0.15, 0.2) is 12.3 Å². The lowest BCUT2D eigenvalue weighted by molar-refractivity contribution is -0.384. The van der Waals surface area contributed by atoms with Crippen LogP contribution in [-0.4, -0.2) is 24.5 Å². The summed E-state index contributed by atoms with van der Waals surface area (Å²) in [6, 6.07) is 1.80. The quantitative estimate of drug-likeness (QED) is 0.696. The highest BCUT2D eigenvalue weighted by atomic mass is 16.9. The molecule has 0 amide bonds. The number of nitrogens with zero attached hydrogens (tertiary/aromatic N) is 1. The minimum atomic E-state index is -0.365. The zero-order valence-electron chi connectivity index (χ0n) is 8.30. The van der Waals surface area contributed by atoms with Crippen LogP contribution < -0.4 is 9.47 Å². The molecule has 0 bridgehead atoms. The number of ether oxygens (including phenoxy) is 4. The summed E-state index contributed by atoms with van der Waals surface area (Å²) < 4.78 is 21.5. The Hall–Kier alpha value is -1.33. The van der Waals surface area contributed by atoms with Gasteiger partial charge in [-0.2, -0.15) is 0 Å². The first-order chi connectivity index (χ1) is 7.33. The van der Waals surface area contributed by atoms with Crippen LogP contribution in [0.5, 0.6) is 11.5 Å². The summed E-state index contributed by atoms with van der Waals surface area (Å²) >= 11 is 0. The van der Waals surface area contributed by atoms with Gasteiger partial charge in [-0.1, -0.05) is 0 Å². The van der Waals surface area contributed by atoms with Crippen molar-refractivity contribution in [3.63, 3.8) is 0 Å². The van der Waals surface area contributed by atoms with Crippen molar-refractivity contribution in [1.29, 1.82) is 0 Å². The zero-order chi connectivity index (χ0) is 10.3. The van der Waals surface area contributed by atoms with Crippen molar-refractivity contribution < 1.29 is 18.9 Å². The van der Waals surface area contributed by atoms with Crippen LogP contribution >= 0.6 is 0 Å². The van der Waals surface area contributed by atoms with Gasteiger partial charge in [-0.25, -0.2) is 0 Å². The van der Waals surface area contributed by atoms with Crippen molar-refractivity contribution >= 4 is 0 Å². The molecule has 5 nitrogen and oxygen atoms in total. The number of aromatic nitrogens is 1. The van der Waals surface area contributed by atoms with Crippen LogP contribution in [0.25, 0.3) is 0 Å². The molecule has 2 aliphatic rings. The molecule has 5 heteroatoms. The van der Waals surface area contributed by atoms with Crippen LogP contribution in [0.4, 0.5) is 0 Å². The third-order valence-electron chi connectivity index (χ3n) is 2.32. The van der Waals surface area contributed by atoms with E-state index in [4.69, 9.17) is 18.9 Å². The predicted octanol–water partition coefficient (Wildman–Crippen LogP) is 1.24. The standard InChI is InChI=1S/C10H11NO4/c1-6-14-10(15-6)7-4-8-9(5-11-7)13-3-2-12-8/h4-6,10H,2-3H2,1H3. The van der Waals surface area contributed by atoms with Gasteiger partial charge in [0, 0.05) is 6.07 Å². The molecule has 0 unspecified atom stereocenters. The molecule has 15 heavy (non-hydrogen) atoms. The molecule has 1 aromatic rings. The van der Waals surface area contributed by atoms with E-state index in [0.717, 1.165) is 5.69 Å². The first-order valence-electron chi connectivity index (χ1n) is 4.89. The van der Waals surface area contributed by atoms with Gasteiger partial charge in [0.2, 0.25) is 6.29 Å². The molecule has 1 aromatic heterocycles. The second kappa shape index (κ2) is 3.36. The first-order valence-corrected chi connectivity index (χ1v) is 4.89. The number of rotatable bonds is 1. The Labute approximate surface area is 86.9 Å². The lowest BCUT2D eigenvalue weighted by atomic mass is 10.3. The third-order valence-corrected chi connectivity index (χ3v) is 2.32. The van der Waals surface area contributed by atoms with Gasteiger partial charge in [-0.05, 0) is 6.92 Å². The van der Waals surface area contributed by atoms with Gasteiger partial charge < -0.3 is 18.9 Å². The fourth-order valence-electron chi connectivity index (χ4n) is 1.59. The summed E-state index contributed by atoms with van der Waals surface area (Å²) in [6.07, 6.45) is 1.13. The van der Waals surface area contributed by atoms with Crippen LogP contribution in [0.1, 0.15) is 18.9 Å². The Morgan fingerprint density at radius 1 is 1.20 bits per heavy atom. The van der Waals surface area contributed by atoms with E-state index in [1.165, 1.54) is 0 Å². The smallest absolute Gasteiger partial charge is 0.206 e. The summed E-state index contributed by atoms with van der Waals surface area (Å²) in [4.78, 5) is 4.19. The monoisotopic (exact) mass is 209 g/mol. The van der Waals surface area contributed by atoms with Crippen molar-refractivity contribution in [2.45, 2.75) is 19.5 Å². The third kappa shape index (κ3) is 1.53. The van der Waals surface area contributed by atoms with Crippen molar-refractivity contribution in [3.05, 3.63) is 18.0 Å². The van der Waals surface area contributed by atoms with E-state index >= 15 is 0 Å². The normalized spacial score (nSPS) is 28.3. The molecule has 0 atom stereocenters. The second-order valence-corrected chi connectivity index (χ2v) is 3.42. The van der Waals surface area contributed by atoms with E-state index in [0.29, 0.717) is 24.7 Å². The maximum absolute atomic E-state index is 5.43. The lowest BCUT2D eigenvalue weighted by Gasteiger charge is -2.33. The Kier molecular flexibility index (Phi) is 2.00. The molecule has 3 rings (SSSR count). The van der Waals surface area contributed by atoms with Gasteiger partial charge >= 0.3 is 0 Å². The highest BCUT2D eigenvalue weighted by molar-refractivity contribution is 5.40. The molecule has 0 radical (unpaired) electrons. The van der Waals surface area contributed by atoms with E-state index in [1.54, 1.807) is 12.3 Å². The molecule has 0 aliphatic carbocycles. The largest absolute Gasteiger partial charge is 0.486 e. The molecule has 1 fully saturated rings. The molecule has 1 saturated heterocycles. The van der Waals surface area contributed by atoms with Gasteiger partial charge in [-0.3, -0.25) is 4.98 Å². The highest BCUT2D eigenvalue weighted by Crippen LogP contribution is 2.35. The zero-order valence-corrected chi connectivity index (χ0v) is 8.30. The Bertz CT molecular complexity index is 376. The van der Waals surface area contributed by atoms with E-state index in [9.17, 15) is 0 Å². The summed E-state index contributed by atoms with van der Waals surface area (Å²) in [5.41, 5.74) is 0.720. The Balaban J connectivity index is 1.85. The van der Waals surface area contributed by atoms with Crippen molar-refractivity contribution in [3.8, 4) is 11.5 Å². The van der Waals surface area contributed by atoms with Crippen LogP contribution in [0.2, 0.25) is 0 Å². The van der Waals surface area contributed by atoms with Crippen molar-refractivity contribution in [2.75, 3.05) is 13.2 Å². The number of hydrogen-bond donors (Lipinski definition) is 0. The van der Waals surface area contributed by atoms with Crippen molar-refractivity contribution in [2.24, 2.45) is 0 Å². The summed E-state index contributed by atoms with van der Waals surface area (Å²) in [5.74, 6) is 1.38. The average Bonchev–Trinajstić information content (AvgIpc) is 2.24. The molecule has 80 valence electrons. The molecular formula is C10H11NO4. The second-order valence-electron chi connectivity index (χ2n) is 3.42. The molecule has 0 N–H and O–H groups in total. The van der Waals surface area contributed by atoms with Crippen LogP contribution in [0, 0.1) is 0 Å². The maximum Gasteiger partial charge on any atom is 0.206 e. The maximum atomic E-state index is 5.43. The van der Waals surface area contributed by atoms with Gasteiger partial charge in [0.05, 0.1) is 6.20 Å². The Morgan fingerprint density at radius 2 is 1.93 bits per heavy atom.